The van der Waals surface area contributed by atoms with Crippen molar-refractivity contribution in [3.8, 4) is 22.3 Å². The van der Waals surface area contributed by atoms with Crippen LogP contribution in [0, 0.1) is 17.3 Å². The molecular formula is C69H60N2. The van der Waals surface area contributed by atoms with Gasteiger partial charge in [0.25, 0.3) is 0 Å². The lowest BCUT2D eigenvalue weighted by atomic mass is 9.70. The normalized spacial score (nSPS) is 21.5. The van der Waals surface area contributed by atoms with Gasteiger partial charge in [-0.15, -0.1) is 0 Å². The van der Waals surface area contributed by atoms with E-state index in [1.54, 1.807) is 0 Å². The third-order valence-electron chi connectivity index (χ3n) is 17.5. The molecule has 1 aromatic heterocycles. The Morgan fingerprint density at radius 1 is 0.648 bits per heavy atom. The van der Waals surface area contributed by atoms with E-state index in [4.69, 9.17) is 0 Å². The van der Waals surface area contributed by atoms with E-state index in [0.29, 0.717) is 0 Å². The van der Waals surface area contributed by atoms with Gasteiger partial charge in [-0.25, -0.2) is 0 Å². The topological polar surface area (TPSA) is 8.17 Å². The monoisotopic (exact) mass is 916 g/mol. The second-order valence-corrected chi connectivity index (χ2v) is 21.5. The number of fused-ring (bicyclic) bond motifs is 16. The summed E-state index contributed by atoms with van der Waals surface area (Å²) in [7, 11) is 0. The summed E-state index contributed by atoms with van der Waals surface area (Å²) in [6, 6.07) is 48.9. The highest BCUT2D eigenvalue weighted by Gasteiger charge is 2.52. The minimum atomic E-state index is -0.453. The summed E-state index contributed by atoms with van der Waals surface area (Å²) in [6.07, 6.45) is 28.4. The van der Waals surface area contributed by atoms with Crippen molar-refractivity contribution in [2.24, 2.45) is 17.3 Å². The minimum absolute atomic E-state index is 0.0798. The molecule has 1 heterocycles. The molecule has 6 aliphatic carbocycles. The van der Waals surface area contributed by atoms with E-state index in [0.717, 1.165) is 12.1 Å². The fraction of sp³-hybridized carbons (Fsp3) is 0.188. The van der Waals surface area contributed by atoms with Crippen LogP contribution < -0.4 is 4.90 Å². The molecule has 13 rings (SSSR count). The molecule has 346 valence electrons. The maximum absolute atomic E-state index is 4.35. The number of hydrogen-bond donors (Lipinski definition) is 0. The van der Waals surface area contributed by atoms with Crippen molar-refractivity contribution < 1.29 is 0 Å². The molecule has 2 nitrogen and oxygen atoms in total. The van der Waals surface area contributed by atoms with Gasteiger partial charge in [-0.2, -0.15) is 0 Å². The number of rotatable bonds is 8. The Morgan fingerprint density at radius 2 is 1.28 bits per heavy atom. The first-order valence-corrected chi connectivity index (χ1v) is 25.7. The first-order chi connectivity index (χ1) is 34.6. The maximum Gasteiger partial charge on any atom is 0.0725 e. The van der Waals surface area contributed by atoms with Crippen molar-refractivity contribution in [3.05, 3.63) is 269 Å². The minimum Gasteiger partial charge on any atom is -0.334 e. The van der Waals surface area contributed by atoms with Gasteiger partial charge in [-0.05, 0) is 158 Å². The molecule has 3 atom stereocenters. The summed E-state index contributed by atoms with van der Waals surface area (Å²) in [6.45, 7) is 22.5. The first-order valence-electron chi connectivity index (χ1n) is 25.7. The Labute approximate surface area is 419 Å². The summed E-state index contributed by atoms with van der Waals surface area (Å²) in [5.41, 5.74) is 24.3. The summed E-state index contributed by atoms with van der Waals surface area (Å²) in [4.78, 5) is 2.67. The quantitative estimate of drug-likeness (QED) is 0.138. The summed E-state index contributed by atoms with van der Waals surface area (Å²) < 4.78 is 2.47. The number of nitrogens with zero attached hydrogens (tertiary/aromatic N) is 2. The summed E-state index contributed by atoms with van der Waals surface area (Å²) in [5.74, 6) is 0.541. The van der Waals surface area contributed by atoms with Gasteiger partial charge in [-0.3, -0.25) is 0 Å². The molecule has 0 bridgehead atoms. The zero-order valence-corrected chi connectivity index (χ0v) is 41.8. The average molecular weight is 917 g/mol. The summed E-state index contributed by atoms with van der Waals surface area (Å²) in [5, 5.41) is 2.47. The van der Waals surface area contributed by atoms with Gasteiger partial charge in [0, 0.05) is 39.2 Å². The third kappa shape index (κ3) is 5.77. The zero-order valence-electron chi connectivity index (χ0n) is 41.8. The van der Waals surface area contributed by atoms with Crippen molar-refractivity contribution in [1.82, 2.24) is 4.57 Å². The van der Waals surface area contributed by atoms with Gasteiger partial charge < -0.3 is 9.47 Å². The van der Waals surface area contributed by atoms with Gasteiger partial charge in [0.1, 0.15) is 0 Å². The van der Waals surface area contributed by atoms with Crippen molar-refractivity contribution >= 4 is 38.8 Å². The van der Waals surface area contributed by atoms with Crippen LogP contribution in [0.1, 0.15) is 81.3 Å². The third-order valence-corrected chi connectivity index (χ3v) is 17.5. The van der Waals surface area contributed by atoms with Crippen LogP contribution >= 0.6 is 0 Å². The van der Waals surface area contributed by atoms with Crippen molar-refractivity contribution in [2.75, 3.05) is 4.90 Å². The highest BCUT2D eigenvalue weighted by Crippen LogP contribution is 2.64. The smallest absolute Gasteiger partial charge is 0.0725 e. The van der Waals surface area contributed by atoms with E-state index in [2.05, 4.69) is 258 Å². The average Bonchev–Trinajstić information content (AvgIpc) is 4.10. The van der Waals surface area contributed by atoms with Crippen LogP contribution in [0.2, 0.25) is 0 Å². The molecule has 2 heteroatoms. The molecule has 0 amide bonds. The second kappa shape index (κ2) is 15.7. The van der Waals surface area contributed by atoms with E-state index >= 15 is 0 Å². The lowest BCUT2D eigenvalue weighted by Crippen LogP contribution is -2.37. The van der Waals surface area contributed by atoms with Gasteiger partial charge in [0.15, 0.2) is 0 Å². The SMILES string of the molecule is C=C/C=C(\C=C/C)n1c2ccc(N(C3=CC4C(C=C3)C(C=C)=C(/C=C\C)C4(C)C)C3C=CC4=C(C3)C(C)(C)c3ccccc34)cc2c2cc3c(cc21)-c1ccccc1C31c2ccccc2-c2ccccc21. The molecular weight excluding hydrogens is 857 g/mol. The van der Waals surface area contributed by atoms with Gasteiger partial charge >= 0.3 is 0 Å². The molecule has 0 radical (unpaired) electrons. The van der Waals surface area contributed by atoms with Crippen molar-refractivity contribution in [2.45, 2.75) is 64.8 Å². The molecule has 7 aromatic rings. The molecule has 3 unspecified atom stereocenters. The number of allylic oxidation sites excluding steroid dienone is 15. The van der Waals surface area contributed by atoms with E-state index in [1.165, 1.54) is 111 Å². The summed E-state index contributed by atoms with van der Waals surface area (Å²) >= 11 is 0. The van der Waals surface area contributed by atoms with Crippen LogP contribution in [0.4, 0.5) is 5.69 Å². The van der Waals surface area contributed by atoms with Crippen LogP contribution in [0.5, 0.6) is 0 Å². The lowest BCUT2D eigenvalue weighted by molar-refractivity contribution is 0.318. The molecule has 0 aliphatic heterocycles. The lowest BCUT2D eigenvalue weighted by Gasteiger charge is -2.40. The van der Waals surface area contributed by atoms with Gasteiger partial charge in [-0.1, -0.05) is 193 Å². The number of benzene rings is 6. The molecule has 6 aromatic carbocycles. The number of anilines is 1. The Bertz CT molecular complexity index is 3710. The fourth-order valence-electron chi connectivity index (χ4n) is 14.4. The Balaban J connectivity index is 1.06. The van der Waals surface area contributed by atoms with Crippen LogP contribution in [-0.2, 0) is 10.8 Å². The van der Waals surface area contributed by atoms with Crippen LogP contribution in [0.3, 0.4) is 0 Å². The molecule has 0 fully saturated rings. The standard InChI is InChI=1S/C69H60N2/c1-9-21-43(22-10-2)71-65-37-34-44(38-55(65)56-41-64-54(42-66(56)71)51-27-16-20-31-61(51)69(64)59-29-18-14-25-49(59)50-26-15-19-30-60(50)69)70(45-32-35-52-47(12-4)57(23-11-3)67(5,6)62(52)39-45)46-33-36-53-48-24-13-17-28-58(48)68(7,8)63(53)40-46/h9-39,41-42,46,52,62H,1,4,40H2,2-3,5-8H3/b22-10-,23-11-,43-21+. The molecule has 0 saturated heterocycles. The Morgan fingerprint density at radius 3 is 1.93 bits per heavy atom. The van der Waals surface area contributed by atoms with Gasteiger partial charge in [0.2, 0.25) is 0 Å². The number of hydrogen-bond acceptors (Lipinski definition) is 1. The fourth-order valence-corrected chi connectivity index (χ4v) is 14.4. The number of aromatic nitrogens is 1. The Hall–Kier alpha value is -7.68. The van der Waals surface area contributed by atoms with E-state index < -0.39 is 5.41 Å². The van der Waals surface area contributed by atoms with Crippen molar-refractivity contribution in [3.63, 3.8) is 0 Å². The van der Waals surface area contributed by atoms with E-state index in [1.807, 2.05) is 6.08 Å². The van der Waals surface area contributed by atoms with E-state index in [-0.39, 0.29) is 28.7 Å². The van der Waals surface area contributed by atoms with E-state index in [9.17, 15) is 0 Å². The van der Waals surface area contributed by atoms with Crippen LogP contribution in [-0.4, -0.2) is 10.6 Å². The maximum atomic E-state index is 4.35. The highest BCUT2D eigenvalue weighted by molar-refractivity contribution is 6.14. The molecule has 6 aliphatic rings. The van der Waals surface area contributed by atoms with Gasteiger partial charge in [0.05, 0.1) is 22.5 Å². The Kier molecular flexibility index (Phi) is 9.56. The molecule has 71 heavy (non-hydrogen) atoms. The highest BCUT2D eigenvalue weighted by atomic mass is 15.2. The molecule has 0 saturated carbocycles. The van der Waals surface area contributed by atoms with Crippen LogP contribution in [0.25, 0.3) is 55.3 Å². The predicted molar refractivity (Wildman–Crippen MR) is 301 cm³/mol. The second-order valence-electron chi connectivity index (χ2n) is 21.5. The molecule has 1 spiro atoms. The zero-order chi connectivity index (χ0) is 48.6. The largest absolute Gasteiger partial charge is 0.334 e. The van der Waals surface area contributed by atoms with Crippen molar-refractivity contribution in [1.29, 1.82) is 0 Å². The molecule has 0 N–H and O–H groups in total. The van der Waals surface area contributed by atoms with Crippen LogP contribution in [0.15, 0.2) is 236 Å². The first kappa shape index (κ1) is 43.3. The predicted octanol–water partition coefficient (Wildman–Crippen LogP) is 17.4.